The summed E-state index contributed by atoms with van der Waals surface area (Å²) in [6.45, 7) is 0. The molecule has 13 aromatic rings. The molecule has 0 saturated heterocycles. The average molecular weight is 1230 g/mol. The molecule has 2 heterocycles. The zero-order valence-electron chi connectivity index (χ0n) is 48.2. The summed E-state index contributed by atoms with van der Waals surface area (Å²) in [5, 5.41) is 93.5. The van der Waals surface area contributed by atoms with Crippen molar-refractivity contribution >= 4 is 43.6 Å². The van der Waals surface area contributed by atoms with Gasteiger partial charge in [0.05, 0.1) is 149 Å². The Balaban J connectivity index is 1.16. The van der Waals surface area contributed by atoms with Gasteiger partial charge in [-0.1, -0.05) is 72.8 Å². The van der Waals surface area contributed by atoms with Crippen molar-refractivity contribution in [1.82, 2.24) is 9.13 Å². The molecule has 0 radical (unpaired) electrons. The lowest BCUT2D eigenvalue weighted by Gasteiger charge is -2.22. The first-order chi connectivity index (χ1) is 45.4. The highest BCUT2D eigenvalue weighted by atomic mass is 19.4. The summed E-state index contributed by atoms with van der Waals surface area (Å²) < 4.78 is 95.8. The van der Waals surface area contributed by atoms with E-state index in [9.17, 15) is 47.4 Å². The van der Waals surface area contributed by atoms with Crippen LogP contribution in [0.2, 0.25) is 0 Å². The number of nitriles is 9. The molecule has 0 saturated carbocycles. The fourth-order valence-electron chi connectivity index (χ4n) is 12.5. The van der Waals surface area contributed by atoms with Gasteiger partial charge in [-0.15, -0.1) is 0 Å². The molecule has 0 atom stereocenters. The van der Waals surface area contributed by atoms with E-state index in [1.165, 1.54) is 48.5 Å². The van der Waals surface area contributed by atoms with Crippen LogP contribution in [0, 0.1) is 102 Å². The van der Waals surface area contributed by atoms with Crippen molar-refractivity contribution in [3.05, 3.63) is 261 Å². The number of fused-ring (bicyclic) bond motifs is 6. The van der Waals surface area contributed by atoms with Crippen LogP contribution in [0.3, 0.4) is 0 Å². The van der Waals surface area contributed by atoms with E-state index in [2.05, 4.69) is 42.5 Å². The van der Waals surface area contributed by atoms with Crippen molar-refractivity contribution in [1.29, 1.82) is 47.4 Å². The van der Waals surface area contributed by atoms with Crippen molar-refractivity contribution in [3.8, 4) is 133 Å². The third-order valence-electron chi connectivity index (χ3n) is 16.7. The first kappa shape index (κ1) is 59.0. The first-order valence-electron chi connectivity index (χ1n) is 28.4. The van der Waals surface area contributed by atoms with Crippen LogP contribution in [-0.4, -0.2) is 9.13 Å². The number of alkyl halides is 6. The van der Waals surface area contributed by atoms with Gasteiger partial charge in [0.1, 0.15) is 0 Å². The lowest BCUT2D eigenvalue weighted by Crippen LogP contribution is -2.14. The summed E-state index contributed by atoms with van der Waals surface area (Å²) in [6, 6.07) is 69.5. The Hall–Kier alpha value is -14.0. The number of benzene rings is 11. The van der Waals surface area contributed by atoms with E-state index in [0.29, 0.717) is 118 Å². The van der Waals surface area contributed by atoms with Gasteiger partial charge < -0.3 is 9.13 Å². The van der Waals surface area contributed by atoms with Crippen LogP contribution in [0.15, 0.2) is 200 Å². The Labute approximate surface area is 530 Å². The molecule has 0 amide bonds. The molecular formula is C77H33F6N11. The fraction of sp³-hybridized carbons (Fsp3) is 0.0260. The number of halogens is 6. The molecule has 0 N–H and O–H groups in total. The van der Waals surface area contributed by atoms with E-state index in [1.54, 1.807) is 126 Å². The first-order valence-corrected chi connectivity index (χ1v) is 28.4. The van der Waals surface area contributed by atoms with E-state index in [4.69, 9.17) is 0 Å². The van der Waals surface area contributed by atoms with Crippen LogP contribution in [0.25, 0.3) is 122 Å². The quantitative estimate of drug-likeness (QED) is 0.132. The molecule has 17 heteroatoms. The maximum atomic E-state index is 15.4. The molecule has 13 rings (SSSR count). The Morgan fingerprint density at radius 2 is 0.521 bits per heavy atom. The van der Waals surface area contributed by atoms with Crippen molar-refractivity contribution in [2.45, 2.75) is 12.4 Å². The van der Waals surface area contributed by atoms with Crippen LogP contribution in [0.4, 0.5) is 26.3 Å². The zero-order valence-corrected chi connectivity index (χ0v) is 48.2. The predicted octanol–water partition coefficient (Wildman–Crippen LogP) is 18.8. The fourth-order valence-corrected chi connectivity index (χ4v) is 12.5. The number of hydrogen-bond donors (Lipinski definition) is 0. The Kier molecular flexibility index (Phi) is 14.4. The Morgan fingerprint density at radius 1 is 0.255 bits per heavy atom. The normalized spacial score (nSPS) is 11.2. The number of hydrogen-bond acceptors (Lipinski definition) is 9. The number of rotatable bonds is 8. The molecule has 94 heavy (non-hydrogen) atoms. The topological polar surface area (TPSA) is 224 Å². The van der Waals surface area contributed by atoms with E-state index >= 15 is 26.3 Å². The minimum absolute atomic E-state index is 0.0567. The summed E-state index contributed by atoms with van der Waals surface area (Å²) >= 11 is 0. The van der Waals surface area contributed by atoms with E-state index < -0.39 is 34.6 Å². The minimum atomic E-state index is -5.29. The second kappa shape index (κ2) is 22.9. The summed E-state index contributed by atoms with van der Waals surface area (Å²) in [4.78, 5) is 0. The van der Waals surface area contributed by atoms with E-state index in [-0.39, 0.29) is 61.3 Å². The minimum Gasteiger partial charge on any atom is -0.309 e. The highest BCUT2D eigenvalue weighted by Crippen LogP contribution is 2.49. The van der Waals surface area contributed by atoms with Crippen molar-refractivity contribution < 1.29 is 26.3 Å². The number of aromatic nitrogens is 2. The van der Waals surface area contributed by atoms with Crippen LogP contribution in [0.1, 0.15) is 61.2 Å². The van der Waals surface area contributed by atoms with Gasteiger partial charge in [-0.2, -0.15) is 73.7 Å². The molecule has 0 spiro atoms. The van der Waals surface area contributed by atoms with Gasteiger partial charge in [-0.25, -0.2) is 0 Å². The van der Waals surface area contributed by atoms with Gasteiger partial charge in [-0.3, -0.25) is 0 Å². The van der Waals surface area contributed by atoms with Gasteiger partial charge in [0.25, 0.3) is 0 Å². The van der Waals surface area contributed by atoms with Gasteiger partial charge in [0, 0.05) is 38.2 Å². The summed E-state index contributed by atoms with van der Waals surface area (Å²) in [6.07, 6.45) is -10.6. The molecular weight excluding hydrogens is 1190 g/mol. The monoisotopic (exact) mass is 1230 g/mol. The van der Waals surface area contributed by atoms with Gasteiger partial charge in [0.2, 0.25) is 0 Å². The molecule has 438 valence electrons. The lowest BCUT2D eigenvalue weighted by atomic mass is 9.90. The second-order valence-corrected chi connectivity index (χ2v) is 21.8. The smallest absolute Gasteiger partial charge is 0.309 e. The van der Waals surface area contributed by atoms with E-state index in [1.807, 2.05) is 28.8 Å². The van der Waals surface area contributed by atoms with Crippen LogP contribution < -0.4 is 0 Å². The molecule has 2 aromatic heterocycles. The summed E-state index contributed by atoms with van der Waals surface area (Å²) in [5.41, 5.74) is 3.78. The highest BCUT2D eigenvalue weighted by Gasteiger charge is 2.41. The third-order valence-corrected chi connectivity index (χ3v) is 16.7. The molecule has 11 aromatic carbocycles. The molecule has 0 aliphatic carbocycles. The van der Waals surface area contributed by atoms with Crippen molar-refractivity contribution in [2.75, 3.05) is 0 Å². The second-order valence-electron chi connectivity index (χ2n) is 21.8. The van der Waals surface area contributed by atoms with Crippen molar-refractivity contribution in [3.63, 3.8) is 0 Å². The maximum absolute atomic E-state index is 15.4. The van der Waals surface area contributed by atoms with Crippen LogP contribution in [0.5, 0.6) is 0 Å². The summed E-state index contributed by atoms with van der Waals surface area (Å²) in [5.74, 6) is 0. The standard InChI is InChI=1S/C77H33F6N11/c78-76(79,80)67-2-1-3-68(77(81,82)83)75(67)52-9-19-62(74(33-52)94-71-22-12-50(59-16-6-45(36-86)26-55(59)41-91)31-65(71)66-32-51(13-23-72(66)94)60-17-7-46(37-87)27-56(60)42-92)61-18-8-47(38-88)28-73(61)93-69-20-10-48(57-14-4-43(34-84)24-53(57)39-89)29-63(69)64-30-49(11-21-70(64)93)58-15-5-44(35-85)25-54(58)40-90/h1-33H. The molecule has 0 fully saturated rings. The lowest BCUT2D eigenvalue weighted by molar-refractivity contribution is -0.142. The number of nitrogens with zero attached hydrogens (tertiary/aromatic N) is 11. The van der Waals surface area contributed by atoms with Crippen LogP contribution >= 0.6 is 0 Å². The predicted molar refractivity (Wildman–Crippen MR) is 340 cm³/mol. The molecule has 0 bridgehead atoms. The zero-order chi connectivity index (χ0) is 65.9. The molecule has 0 aliphatic rings. The molecule has 11 nitrogen and oxygen atoms in total. The molecule has 0 unspecified atom stereocenters. The molecule has 0 aliphatic heterocycles. The maximum Gasteiger partial charge on any atom is 0.417 e. The SMILES string of the molecule is N#Cc1ccc(-c2ccc3c(c2)c2cc(-c4ccc(C#N)cc4C#N)ccc2n3-c2cc(C#N)ccc2-c2ccc(-c3c(C(F)(F)F)cccc3C(F)(F)F)cc2-n2c3ccc(-c4ccc(C#N)cc4C#N)cc3c3cc(-c4ccc(C#N)cc4C#N)ccc32)c(C#N)c1. The largest absolute Gasteiger partial charge is 0.417 e. The third kappa shape index (κ3) is 9.92. The van der Waals surface area contributed by atoms with E-state index in [0.717, 1.165) is 0 Å². The van der Waals surface area contributed by atoms with Gasteiger partial charge in [0.15, 0.2) is 0 Å². The Bertz CT molecular complexity index is 5620. The van der Waals surface area contributed by atoms with Crippen LogP contribution in [-0.2, 0) is 12.4 Å². The van der Waals surface area contributed by atoms with Crippen molar-refractivity contribution in [2.24, 2.45) is 0 Å². The van der Waals surface area contributed by atoms with Gasteiger partial charge >= 0.3 is 12.4 Å². The highest BCUT2D eigenvalue weighted by molar-refractivity contribution is 6.14. The average Bonchev–Trinajstić information content (AvgIpc) is 1.53. The summed E-state index contributed by atoms with van der Waals surface area (Å²) in [7, 11) is 0. The Morgan fingerprint density at radius 3 is 0.809 bits per heavy atom. The van der Waals surface area contributed by atoms with Gasteiger partial charge in [-0.05, 0) is 177 Å².